The molecule has 1 aliphatic heterocycles. The Kier molecular flexibility index (Phi) is 11.8. The molecule has 1 heterocycles. The number of nitrogens with one attached hydrogen (secondary N) is 3. The lowest BCUT2D eigenvalue weighted by Crippen LogP contribution is -2.54. The standard InChI is InChI=1S/C32H39Cl2N7O3/c1-37-30(43)28(16-20-8-9-21-5-2-3-6-22(21)15-20)41-14-12-25(40-27(31(41)44)7-4-13-38-32(35)36)19-39-29(42)17-23-10-11-24(33)18-26(23)34/h2-3,5-6,8-11,15,18,25,27-28,40H,4,7,12-14,16-17,19H2,1H3,(H,37,43)(H,39,42)(H4,35,36,38). The van der Waals surface area contributed by atoms with Gasteiger partial charge in [-0.2, -0.15) is 0 Å². The van der Waals surface area contributed by atoms with Crippen LogP contribution in [-0.2, 0) is 27.2 Å². The highest BCUT2D eigenvalue weighted by atomic mass is 35.5. The highest BCUT2D eigenvalue weighted by Gasteiger charge is 2.37. The molecule has 0 aromatic heterocycles. The predicted octanol–water partition coefficient (Wildman–Crippen LogP) is 2.78. The van der Waals surface area contributed by atoms with E-state index in [9.17, 15) is 14.4 Å². The number of carbonyl (C=O) groups is 3. The van der Waals surface area contributed by atoms with Crippen molar-refractivity contribution in [1.29, 1.82) is 0 Å². The molecule has 1 saturated heterocycles. The van der Waals surface area contributed by atoms with Gasteiger partial charge in [0, 0.05) is 49.2 Å². The van der Waals surface area contributed by atoms with Crippen LogP contribution in [0.15, 0.2) is 65.7 Å². The monoisotopic (exact) mass is 639 g/mol. The third-order valence-electron chi connectivity index (χ3n) is 7.76. The molecule has 0 aliphatic carbocycles. The summed E-state index contributed by atoms with van der Waals surface area (Å²) < 4.78 is 0. The molecule has 7 N–H and O–H groups in total. The summed E-state index contributed by atoms with van der Waals surface area (Å²) in [6.45, 7) is 1.00. The molecule has 0 spiro atoms. The largest absolute Gasteiger partial charge is 0.370 e. The first kappa shape index (κ1) is 33.0. The van der Waals surface area contributed by atoms with Crippen LogP contribution in [0.1, 0.15) is 30.4 Å². The number of rotatable bonds is 12. The molecule has 0 radical (unpaired) electrons. The Morgan fingerprint density at radius 1 is 1.09 bits per heavy atom. The fourth-order valence-corrected chi connectivity index (χ4v) is 5.94. The zero-order valence-corrected chi connectivity index (χ0v) is 26.2. The second-order valence-electron chi connectivity index (χ2n) is 10.9. The first-order chi connectivity index (χ1) is 21.1. The van der Waals surface area contributed by atoms with Crippen LogP contribution in [0.25, 0.3) is 10.8 Å². The maximum Gasteiger partial charge on any atom is 0.242 e. The van der Waals surface area contributed by atoms with Crippen molar-refractivity contribution in [3.05, 3.63) is 81.8 Å². The first-order valence-corrected chi connectivity index (χ1v) is 15.4. The topological polar surface area (TPSA) is 155 Å². The molecular weight excluding hydrogens is 601 g/mol. The van der Waals surface area contributed by atoms with E-state index in [1.807, 2.05) is 36.4 Å². The Morgan fingerprint density at radius 3 is 2.59 bits per heavy atom. The van der Waals surface area contributed by atoms with Gasteiger partial charge < -0.3 is 32.3 Å². The minimum atomic E-state index is -0.712. The van der Waals surface area contributed by atoms with Crippen LogP contribution >= 0.6 is 23.2 Å². The highest BCUT2D eigenvalue weighted by Crippen LogP contribution is 2.23. The lowest BCUT2D eigenvalue weighted by molar-refractivity contribution is -0.141. The molecule has 1 aliphatic rings. The number of amides is 3. The molecule has 3 aromatic carbocycles. The summed E-state index contributed by atoms with van der Waals surface area (Å²) in [6, 6.07) is 17.6. The average molecular weight is 641 g/mol. The summed E-state index contributed by atoms with van der Waals surface area (Å²) in [5.41, 5.74) is 12.6. The number of guanidine groups is 1. The van der Waals surface area contributed by atoms with E-state index in [1.165, 1.54) is 0 Å². The Bertz CT molecular complexity index is 1510. The molecule has 3 amide bonds. The molecule has 234 valence electrons. The normalized spacial score (nSPS) is 17.5. The molecule has 10 nitrogen and oxygen atoms in total. The predicted molar refractivity (Wildman–Crippen MR) is 176 cm³/mol. The van der Waals surface area contributed by atoms with Crippen LogP contribution in [0.5, 0.6) is 0 Å². The van der Waals surface area contributed by atoms with E-state index in [1.54, 1.807) is 30.1 Å². The number of hydrogen-bond donors (Lipinski definition) is 5. The van der Waals surface area contributed by atoms with Gasteiger partial charge in [-0.25, -0.2) is 0 Å². The summed E-state index contributed by atoms with van der Waals surface area (Å²) in [7, 11) is 1.58. The molecule has 3 unspecified atom stereocenters. The molecule has 1 fully saturated rings. The Labute approximate surface area is 267 Å². The minimum Gasteiger partial charge on any atom is -0.370 e. The number of carbonyl (C=O) groups excluding carboxylic acids is 3. The van der Waals surface area contributed by atoms with E-state index in [0.717, 1.165) is 16.3 Å². The average Bonchev–Trinajstić information content (AvgIpc) is 3.16. The Hall–Kier alpha value is -3.86. The van der Waals surface area contributed by atoms with Gasteiger partial charge in [-0.05, 0) is 53.3 Å². The third-order valence-corrected chi connectivity index (χ3v) is 8.35. The van der Waals surface area contributed by atoms with Crippen molar-refractivity contribution in [2.45, 2.75) is 50.2 Å². The molecule has 4 rings (SSSR count). The van der Waals surface area contributed by atoms with Gasteiger partial charge in [0.1, 0.15) is 6.04 Å². The van der Waals surface area contributed by atoms with E-state index >= 15 is 0 Å². The number of halogens is 2. The van der Waals surface area contributed by atoms with E-state index in [2.05, 4.69) is 27.0 Å². The lowest BCUT2D eigenvalue weighted by atomic mass is 9.99. The third kappa shape index (κ3) is 9.07. The first-order valence-electron chi connectivity index (χ1n) is 14.7. The van der Waals surface area contributed by atoms with Crippen LogP contribution in [0.3, 0.4) is 0 Å². The Morgan fingerprint density at radius 2 is 1.86 bits per heavy atom. The molecule has 0 bridgehead atoms. The summed E-state index contributed by atoms with van der Waals surface area (Å²) in [6.07, 6.45) is 2.00. The van der Waals surface area contributed by atoms with Crippen molar-refractivity contribution in [2.24, 2.45) is 16.5 Å². The molecule has 0 saturated carbocycles. The van der Waals surface area contributed by atoms with Gasteiger partial charge in [0.15, 0.2) is 5.96 Å². The van der Waals surface area contributed by atoms with Crippen molar-refractivity contribution in [2.75, 3.05) is 26.7 Å². The maximum atomic E-state index is 14.0. The number of fused-ring (bicyclic) bond motifs is 1. The molecule has 3 aromatic rings. The fourth-order valence-electron chi connectivity index (χ4n) is 5.46. The summed E-state index contributed by atoms with van der Waals surface area (Å²) in [5, 5.41) is 12.2. The van der Waals surface area contributed by atoms with Crippen LogP contribution < -0.4 is 27.4 Å². The van der Waals surface area contributed by atoms with Gasteiger partial charge in [-0.3, -0.25) is 19.4 Å². The van der Waals surface area contributed by atoms with Gasteiger partial charge in [0.2, 0.25) is 17.7 Å². The second-order valence-corrected chi connectivity index (χ2v) is 11.8. The quantitative estimate of drug-likeness (QED) is 0.117. The minimum absolute atomic E-state index is 0.0109. The number of aliphatic imine (C=N–C) groups is 1. The van der Waals surface area contributed by atoms with Gasteiger partial charge in [-0.15, -0.1) is 0 Å². The number of likely N-dealkylation sites (N-methyl/N-ethyl adjacent to an activating group) is 1. The van der Waals surface area contributed by atoms with Crippen LogP contribution in [0, 0.1) is 0 Å². The van der Waals surface area contributed by atoms with E-state index < -0.39 is 12.1 Å². The van der Waals surface area contributed by atoms with Gasteiger partial charge in [0.25, 0.3) is 0 Å². The fraction of sp³-hybridized carbons (Fsp3) is 0.375. The van der Waals surface area contributed by atoms with Gasteiger partial charge in [-0.1, -0.05) is 71.7 Å². The van der Waals surface area contributed by atoms with Crippen molar-refractivity contribution in [1.82, 2.24) is 20.9 Å². The van der Waals surface area contributed by atoms with Crippen molar-refractivity contribution in [3.8, 4) is 0 Å². The summed E-state index contributed by atoms with van der Waals surface area (Å²) in [4.78, 5) is 45.8. The van der Waals surface area contributed by atoms with Crippen molar-refractivity contribution in [3.63, 3.8) is 0 Å². The van der Waals surface area contributed by atoms with Crippen molar-refractivity contribution >= 4 is 57.7 Å². The summed E-state index contributed by atoms with van der Waals surface area (Å²) >= 11 is 12.2. The van der Waals surface area contributed by atoms with Crippen LogP contribution in [0.4, 0.5) is 0 Å². The van der Waals surface area contributed by atoms with Crippen molar-refractivity contribution < 1.29 is 14.4 Å². The highest BCUT2D eigenvalue weighted by molar-refractivity contribution is 6.35. The SMILES string of the molecule is CNC(=O)C(Cc1ccc2ccccc2c1)N1CCC(CNC(=O)Cc2ccc(Cl)cc2Cl)NC(CCCN=C(N)N)C1=O. The Balaban J connectivity index is 1.50. The van der Waals surface area contributed by atoms with E-state index in [4.69, 9.17) is 34.7 Å². The smallest absolute Gasteiger partial charge is 0.242 e. The van der Waals surface area contributed by atoms with E-state index in [-0.39, 0.29) is 36.1 Å². The number of benzene rings is 3. The van der Waals surface area contributed by atoms with Gasteiger partial charge >= 0.3 is 0 Å². The molecule has 12 heteroatoms. The van der Waals surface area contributed by atoms with Crippen LogP contribution in [-0.4, -0.2) is 73.4 Å². The zero-order valence-electron chi connectivity index (χ0n) is 24.7. The zero-order chi connectivity index (χ0) is 31.6. The number of nitrogens with two attached hydrogens (primary N) is 2. The molecule has 3 atom stereocenters. The second kappa shape index (κ2) is 15.7. The lowest BCUT2D eigenvalue weighted by Gasteiger charge is -2.31. The molecule has 44 heavy (non-hydrogen) atoms. The van der Waals surface area contributed by atoms with E-state index in [0.29, 0.717) is 60.9 Å². The van der Waals surface area contributed by atoms with Gasteiger partial charge in [0.05, 0.1) is 12.5 Å². The number of hydrogen-bond acceptors (Lipinski definition) is 5. The van der Waals surface area contributed by atoms with Crippen LogP contribution in [0.2, 0.25) is 10.0 Å². The molecular formula is C32H39Cl2N7O3. The summed E-state index contributed by atoms with van der Waals surface area (Å²) in [5.74, 6) is -0.626. The maximum absolute atomic E-state index is 14.0. The number of nitrogens with zero attached hydrogens (tertiary/aromatic N) is 2.